The second-order valence-corrected chi connectivity index (χ2v) is 7.65. The number of nitrogens with one attached hydrogen (secondary N) is 1. The van der Waals surface area contributed by atoms with Crippen molar-refractivity contribution in [3.8, 4) is 0 Å². The van der Waals surface area contributed by atoms with Gasteiger partial charge in [0.25, 0.3) is 0 Å². The molecule has 0 bridgehead atoms. The summed E-state index contributed by atoms with van der Waals surface area (Å²) < 4.78 is 0. The lowest BCUT2D eigenvalue weighted by atomic mass is 10.1. The fraction of sp³-hybridized carbons (Fsp3) is 0.684. The van der Waals surface area contributed by atoms with Crippen LogP contribution in [-0.4, -0.2) is 32.7 Å². The Morgan fingerprint density at radius 3 is 2.72 bits per heavy atom. The summed E-state index contributed by atoms with van der Waals surface area (Å²) in [4.78, 5) is 35.2. The molecule has 2 aliphatic rings. The van der Waals surface area contributed by atoms with Crippen molar-refractivity contribution in [2.45, 2.75) is 77.9 Å². The highest BCUT2D eigenvalue weighted by atomic mass is 16.2. The summed E-state index contributed by atoms with van der Waals surface area (Å²) in [5.74, 6) is 1.37. The number of fused-ring (bicyclic) bond motifs is 1. The van der Waals surface area contributed by atoms with E-state index in [-0.39, 0.29) is 24.7 Å². The third-order valence-corrected chi connectivity index (χ3v) is 4.94. The number of carbonyl (C=O) groups is 2. The van der Waals surface area contributed by atoms with Crippen LogP contribution in [-0.2, 0) is 29.1 Å². The quantitative estimate of drug-likeness (QED) is 0.859. The van der Waals surface area contributed by atoms with E-state index in [1.807, 2.05) is 6.20 Å². The Kier molecular flexibility index (Phi) is 5.66. The molecule has 1 aliphatic carbocycles. The van der Waals surface area contributed by atoms with Crippen molar-refractivity contribution < 1.29 is 9.59 Å². The molecule has 6 nitrogen and oxygen atoms in total. The van der Waals surface area contributed by atoms with E-state index < -0.39 is 0 Å². The van der Waals surface area contributed by atoms with Gasteiger partial charge in [-0.05, 0) is 18.8 Å². The first-order valence-corrected chi connectivity index (χ1v) is 9.42. The Morgan fingerprint density at radius 2 is 2.00 bits per heavy atom. The molecule has 2 heterocycles. The van der Waals surface area contributed by atoms with E-state index >= 15 is 0 Å². The molecular weight excluding hydrogens is 316 g/mol. The Morgan fingerprint density at radius 1 is 1.24 bits per heavy atom. The molecular formula is C19H28N4O2. The third kappa shape index (κ3) is 4.77. The summed E-state index contributed by atoms with van der Waals surface area (Å²) in [5.41, 5.74) is 1.98. The van der Waals surface area contributed by atoms with E-state index in [0.29, 0.717) is 25.0 Å². The van der Waals surface area contributed by atoms with Crippen LogP contribution in [0.15, 0.2) is 6.20 Å². The molecule has 1 saturated carbocycles. The summed E-state index contributed by atoms with van der Waals surface area (Å²) in [5, 5.41) is 3.04. The van der Waals surface area contributed by atoms with E-state index in [4.69, 9.17) is 0 Å². The normalized spacial score (nSPS) is 17.2. The Bertz CT molecular complexity index is 638. The standard InChI is InChI=1S/C19H28N4O2/c1-13(2)9-17-20-10-14-11-23(12-16(14)22-17)19(25)8-7-18(24)21-15-5-3-4-6-15/h10,13,15H,3-9,11-12H2,1-2H3,(H,21,24). The number of hydrogen-bond acceptors (Lipinski definition) is 4. The van der Waals surface area contributed by atoms with Gasteiger partial charge in [-0.2, -0.15) is 0 Å². The van der Waals surface area contributed by atoms with Crippen LogP contribution in [0.1, 0.15) is 69.5 Å². The first-order valence-electron chi connectivity index (χ1n) is 9.42. The van der Waals surface area contributed by atoms with E-state index in [9.17, 15) is 9.59 Å². The maximum Gasteiger partial charge on any atom is 0.223 e. The Balaban J connectivity index is 1.47. The second-order valence-electron chi connectivity index (χ2n) is 7.65. The minimum atomic E-state index is -0.00373. The Labute approximate surface area is 149 Å². The van der Waals surface area contributed by atoms with Crippen LogP contribution in [0, 0.1) is 5.92 Å². The van der Waals surface area contributed by atoms with Crippen molar-refractivity contribution in [3.63, 3.8) is 0 Å². The molecule has 0 saturated heterocycles. The summed E-state index contributed by atoms with van der Waals surface area (Å²) >= 11 is 0. The van der Waals surface area contributed by atoms with Crippen molar-refractivity contribution in [2.75, 3.05) is 0 Å². The minimum absolute atomic E-state index is 0.00373. The summed E-state index contributed by atoms with van der Waals surface area (Å²) in [6.45, 7) is 5.37. The molecule has 1 N–H and O–H groups in total. The highest BCUT2D eigenvalue weighted by molar-refractivity contribution is 5.84. The molecule has 6 heteroatoms. The van der Waals surface area contributed by atoms with Crippen LogP contribution >= 0.6 is 0 Å². The van der Waals surface area contributed by atoms with Crippen LogP contribution in [0.2, 0.25) is 0 Å². The average Bonchev–Trinajstić information content (AvgIpc) is 3.20. The molecule has 0 atom stereocenters. The lowest BCUT2D eigenvalue weighted by molar-refractivity contribution is -0.134. The Hall–Kier alpha value is -1.98. The molecule has 0 aromatic carbocycles. The number of nitrogens with zero attached hydrogens (tertiary/aromatic N) is 3. The summed E-state index contributed by atoms with van der Waals surface area (Å²) in [6.07, 6.45) is 7.75. The van der Waals surface area contributed by atoms with Gasteiger partial charge < -0.3 is 10.2 Å². The van der Waals surface area contributed by atoms with E-state index in [1.165, 1.54) is 12.8 Å². The van der Waals surface area contributed by atoms with Crippen LogP contribution < -0.4 is 5.32 Å². The van der Waals surface area contributed by atoms with Crippen molar-refractivity contribution in [1.82, 2.24) is 20.2 Å². The smallest absolute Gasteiger partial charge is 0.223 e. The van der Waals surface area contributed by atoms with Gasteiger partial charge in [-0.15, -0.1) is 0 Å². The third-order valence-electron chi connectivity index (χ3n) is 4.94. The van der Waals surface area contributed by atoms with E-state index in [1.54, 1.807) is 4.90 Å². The first-order chi connectivity index (χ1) is 12.0. The topological polar surface area (TPSA) is 75.2 Å². The number of rotatable bonds is 6. The fourth-order valence-corrected chi connectivity index (χ4v) is 3.58. The van der Waals surface area contributed by atoms with Crippen LogP contribution in [0.5, 0.6) is 0 Å². The van der Waals surface area contributed by atoms with Crippen LogP contribution in [0.3, 0.4) is 0 Å². The van der Waals surface area contributed by atoms with Crippen molar-refractivity contribution in [3.05, 3.63) is 23.3 Å². The van der Waals surface area contributed by atoms with Gasteiger partial charge in [0.2, 0.25) is 11.8 Å². The van der Waals surface area contributed by atoms with Gasteiger partial charge in [0, 0.05) is 43.6 Å². The molecule has 1 aromatic heterocycles. The van der Waals surface area contributed by atoms with Gasteiger partial charge in [0.05, 0.1) is 12.2 Å². The van der Waals surface area contributed by atoms with E-state index in [0.717, 1.165) is 36.3 Å². The van der Waals surface area contributed by atoms with Crippen molar-refractivity contribution in [2.24, 2.45) is 5.92 Å². The molecule has 136 valence electrons. The molecule has 0 radical (unpaired) electrons. The molecule has 0 spiro atoms. The highest BCUT2D eigenvalue weighted by Crippen LogP contribution is 2.22. The average molecular weight is 344 g/mol. The van der Waals surface area contributed by atoms with Crippen molar-refractivity contribution >= 4 is 11.8 Å². The highest BCUT2D eigenvalue weighted by Gasteiger charge is 2.26. The SMILES string of the molecule is CC(C)Cc1ncc2c(n1)CN(C(=O)CCC(=O)NC1CCCC1)C2. The van der Waals surface area contributed by atoms with E-state index in [2.05, 4.69) is 29.1 Å². The number of carbonyl (C=O) groups excluding carboxylic acids is 2. The maximum atomic E-state index is 12.4. The van der Waals surface area contributed by atoms with Crippen LogP contribution in [0.25, 0.3) is 0 Å². The second kappa shape index (κ2) is 7.93. The number of amides is 2. The molecule has 25 heavy (non-hydrogen) atoms. The molecule has 0 unspecified atom stereocenters. The minimum Gasteiger partial charge on any atom is -0.353 e. The zero-order valence-corrected chi connectivity index (χ0v) is 15.3. The van der Waals surface area contributed by atoms with Crippen molar-refractivity contribution in [1.29, 1.82) is 0 Å². The molecule has 2 amide bonds. The molecule has 3 rings (SSSR count). The van der Waals surface area contributed by atoms with Gasteiger partial charge in [0.1, 0.15) is 5.82 Å². The summed E-state index contributed by atoms with van der Waals surface area (Å²) in [7, 11) is 0. The largest absolute Gasteiger partial charge is 0.353 e. The maximum absolute atomic E-state index is 12.4. The predicted molar refractivity (Wildman–Crippen MR) is 94.5 cm³/mol. The predicted octanol–water partition coefficient (Wildman–Crippen LogP) is 2.36. The summed E-state index contributed by atoms with van der Waals surface area (Å²) in [6, 6.07) is 0.313. The monoisotopic (exact) mass is 344 g/mol. The van der Waals surface area contributed by atoms with Gasteiger partial charge in [-0.1, -0.05) is 26.7 Å². The first kappa shape index (κ1) is 17.8. The lowest BCUT2D eigenvalue weighted by Crippen LogP contribution is -2.34. The van der Waals surface area contributed by atoms with Gasteiger partial charge in [-0.25, -0.2) is 9.97 Å². The van der Waals surface area contributed by atoms with Gasteiger partial charge in [-0.3, -0.25) is 9.59 Å². The molecule has 1 aromatic rings. The van der Waals surface area contributed by atoms with Gasteiger partial charge >= 0.3 is 0 Å². The molecule has 1 fully saturated rings. The molecule has 1 aliphatic heterocycles. The van der Waals surface area contributed by atoms with Crippen LogP contribution in [0.4, 0.5) is 0 Å². The lowest BCUT2D eigenvalue weighted by Gasteiger charge is -2.16. The fourth-order valence-electron chi connectivity index (χ4n) is 3.58. The zero-order chi connectivity index (χ0) is 17.8. The van der Waals surface area contributed by atoms with Gasteiger partial charge in [0.15, 0.2) is 0 Å². The zero-order valence-electron chi connectivity index (χ0n) is 15.3. The number of hydrogen-bond donors (Lipinski definition) is 1. The number of aromatic nitrogens is 2.